The van der Waals surface area contributed by atoms with E-state index in [1.165, 1.54) is 0 Å². The largest absolute Gasteiger partial charge is 0.481 e. The second kappa shape index (κ2) is 4.33. The maximum atomic E-state index is 10.7. The number of carboxylic acids is 1. The molecule has 0 saturated carbocycles. The Hall–Kier alpha value is -1.87. The van der Waals surface area contributed by atoms with Crippen molar-refractivity contribution in [2.75, 3.05) is 0 Å². The summed E-state index contributed by atoms with van der Waals surface area (Å²) < 4.78 is 0. The zero-order valence-electron chi connectivity index (χ0n) is 8.68. The van der Waals surface area contributed by atoms with Crippen LogP contribution >= 0.6 is 0 Å². The summed E-state index contributed by atoms with van der Waals surface area (Å²) in [4.78, 5) is 10.7. The number of aliphatic carboxylic acids is 1. The van der Waals surface area contributed by atoms with E-state index in [-0.39, 0.29) is 13.0 Å². The van der Waals surface area contributed by atoms with Crippen molar-refractivity contribution in [1.29, 1.82) is 0 Å². The number of hydrogen-bond donors (Lipinski definition) is 2. The van der Waals surface area contributed by atoms with Crippen molar-refractivity contribution < 1.29 is 15.0 Å². The van der Waals surface area contributed by atoms with E-state index in [2.05, 4.69) is 0 Å². The summed E-state index contributed by atoms with van der Waals surface area (Å²) in [5, 5.41) is 19.8. The van der Waals surface area contributed by atoms with Gasteiger partial charge in [0.2, 0.25) is 0 Å². The van der Waals surface area contributed by atoms with E-state index in [0.29, 0.717) is 0 Å². The highest BCUT2D eigenvalue weighted by Gasteiger charge is 2.06. The molecule has 0 fully saturated rings. The lowest BCUT2D eigenvalue weighted by atomic mass is 9.99. The topological polar surface area (TPSA) is 57.5 Å². The summed E-state index contributed by atoms with van der Waals surface area (Å²) in [6.45, 7) is -0.0339. The van der Waals surface area contributed by atoms with Crippen LogP contribution in [0.2, 0.25) is 0 Å². The third-order valence-corrected chi connectivity index (χ3v) is 2.61. The van der Waals surface area contributed by atoms with Crippen LogP contribution in [-0.4, -0.2) is 16.2 Å². The van der Waals surface area contributed by atoms with Crippen LogP contribution in [0.4, 0.5) is 0 Å². The van der Waals surface area contributed by atoms with Gasteiger partial charge in [0.15, 0.2) is 0 Å². The Morgan fingerprint density at radius 1 is 1.00 bits per heavy atom. The predicted octanol–water partition coefficient (Wildman–Crippen LogP) is 1.96. The smallest absolute Gasteiger partial charge is 0.307 e. The Bertz CT molecular complexity index is 532. The maximum absolute atomic E-state index is 10.7. The van der Waals surface area contributed by atoms with Crippen molar-refractivity contribution in [1.82, 2.24) is 0 Å². The molecule has 0 atom stereocenters. The monoisotopic (exact) mass is 216 g/mol. The SMILES string of the molecule is O=C(O)Cc1cccc2c(CO)cccc12. The first-order valence-electron chi connectivity index (χ1n) is 5.04. The lowest BCUT2D eigenvalue weighted by Crippen LogP contribution is -2.01. The molecule has 3 nitrogen and oxygen atoms in total. The molecule has 16 heavy (non-hydrogen) atoms. The van der Waals surface area contributed by atoms with Crippen LogP contribution in [0.5, 0.6) is 0 Å². The van der Waals surface area contributed by atoms with Crippen molar-refractivity contribution in [3.05, 3.63) is 47.5 Å². The van der Waals surface area contributed by atoms with E-state index < -0.39 is 5.97 Å². The van der Waals surface area contributed by atoms with Gasteiger partial charge in [-0.2, -0.15) is 0 Å². The minimum absolute atomic E-state index is 0.00617. The van der Waals surface area contributed by atoms with E-state index in [9.17, 15) is 9.90 Å². The van der Waals surface area contributed by atoms with Crippen molar-refractivity contribution in [2.45, 2.75) is 13.0 Å². The molecule has 2 aromatic carbocycles. The first kappa shape index (κ1) is 10.6. The van der Waals surface area contributed by atoms with Crippen LogP contribution in [0.1, 0.15) is 11.1 Å². The Morgan fingerprint density at radius 2 is 1.56 bits per heavy atom. The number of benzene rings is 2. The number of rotatable bonds is 3. The molecule has 0 saturated heterocycles. The lowest BCUT2D eigenvalue weighted by Gasteiger charge is -2.07. The fraction of sp³-hybridized carbons (Fsp3) is 0.154. The highest BCUT2D eigenvalue weighted by molar-refractivity contribution is 5.90. The number of carbonyl (C=O) groups is 1. The molecule has 0 spiro atoms. The van der Waals surface area contributed by atoms with Gasteiger partial charge < -0.3 is 10.2 Å². The summed E-state index contributed by atoms with van der Waals surface area (Å²) >= 11 is 0. The Labute approximate surface area is 93.0 Å². The molecule has 0 unspecified atom stereocenters. The number of carboxylic acid groups (broad SMARTS) is 1. The van der Waals surface area contributed by atoms with E-state index in [1.54, 1.807) is 6.07 Å². The number of fused-ring (bicyclic) bond motifs is 1. The van der Waals surface area contributed by atoms with Crippen LogP contribution in [0.3, 0.4) is 0 Å². The first-order chi connectivity index (χ1) is 7.72. The van der Waals surface area contributed by atoms with Crippen LogP contribution < -0.4 is 0 Å². The third-order valence-electron chi connectivity index (χ3n) is 2.61. The zero-order chi connectivity index (χ0) is 11.5. The standard InChI is InChI=1S/C13H12O3/c14-8-10-4-2-5-11-9(7-13(15)16)3-1-6-12(10)11/h1-6,14H,7-8H2,(H,15,16). The summed E-state index contributed by atoms with van der Waals surface area (Å²) in [5.74, 6) is -0.845. The predicted molar refractivity (Wildman–Crippen MR) is 61.2 cm³/mol. The van der Waals surface area contributed by atoms with Gasteiger partial charge in [0, 0.05) is 0 Å². The Kier molecular flexibility index (Phi) is 2.88. The van der Waals surface area contributed by atoms with Gasteiger partial charge in [-0.15, -0.1) is 0 Å². The number of aliphatic hydroxyl groups is 1. The van der Waals surface area contributed by atoms with E-state index >= 15 is 0 Å². The summed E-state index contributed by atoms with van der Waals surface area (Å²) in [6, 6.07) is 11.1. The summed E-state index contributed by atoms with van der Waals surface area (Å²) in [7, 11) is 0. The number of aliphatic hydroxyl groups excluding tert-OH is 1. The molecule has 0 aliphatic heterocycles. The van der Waals surface area contributed by atoms with Crippen molar-refractivity contribution in [2.24, 2.45) is 0 Å². The zero-order valence-corrected chi connectivity index (χ0v) is 8.68. The van der Waals surface area contributed by atoms with Gasteiger partial charge in [0.1, 0.15) is 0 Å². The summed E-state index contributed by atoms with van der Waals surface area (Å²) in [5.41, 5.74) is 1.60. The molecule has 0 radical (unpaired) electrons. The molecule has 0 heterocycles. The molecule has 3 heteroatoms. The van der Waals surface area contributed by atoms with Gasteiger partial charge in [-0.1, -0.05) is 36.4 Å². The fourth-order valence-corrected chi connectivity index (χ4v) is 1.90. The van der Waals surface area contributed by atoms with Gasteiger partial charge in [-0.3, -0.25) is 4.79 Å². The molecule has 0 amide bonds. The number of hydrogen-bond acceptors (Lipinski definition) is 2. The van der Waals surface area contributed by atoms with E-state index in [0.717, 1.165) is 21.9 Å². The van der Waals surface area contributed by atoms with Gasteiger partial charge in [-0.05, 0) is 21.9 Å². The molecule has 2 aromatic rings. The van der Waals surface area contributed by atoms with Crippen LogP contribution in [0.15, 0.2) is 36.4 Å². The van der Waals surface area contributed by atoms with Crippen molar-refractivity contribution in [3.8, 4) is 0 Å². The third kappa shape index (κ3) is 1.90. The second-order valence-electron chi connectivity index (χ2n) is 3.66. The van der Waals surface area contributed by atoms with Crippen LogP contribution in [0, 0.1) is 0 Å². The molecule has 82 valence electrons. The first-order valence-corrected chi connectivity index (χ1v) is 5.04. The molecule has 0 aromatic heterocycles. The highest BCUT2D eigenvalue weighted by atomic mass is 16.4. The van der Waals surface area contributed by atoms with Crippen LogP contribution in [-0.2, 0) is 17.8 Å². The van der Waals surface area contributed by atoms with Gasteiger partial charge in [-0.25, -0.2) is 0 Å². The summed E-state index contributed by atoms with van der Waals surface area (Å²) in [6.07, 6.45) is 0.00617. The lowest BCUT2D eigenvalue weighted by molar-refractivity contribution is -0.136. The molecule has 0 aliphatic rings. The van der Waals surface area contributed by atoms with E-state index in [4.69, 9.17) is 5.11 Å². The second-order valence-corrected chi connectivity index (χ2v) is 3.66. The molecular formula is C13H12O3. The molecule has 2 rings (SSSR count). The van der Waals surface area contributed by atoms with Crippen LogP contribution in [0.25, 0.3) is 10.8 Å². The molecular weight excluding hydrogens is 204 g/mol. The molecule has 2 N–H and O–H groups in total. The Balaban J connectivity index is 2.64. The minimum Gasteiger partial charge on any atom is -0.481 e. The average Bonchev–Trinajstić information content (AvgIpc) is 2.28. The highest BCUT2D eigenvalue weighted by Crippen LogP contribution is 2.22. The fourth-order valence-electron chi connectivity index (χ4n) is 1.90. The van der Waals surface area contributed by atoms with Crippen molar-refractivity contribution >= 4 is 16.7 Å². The average molecular weight is 216 g/mol. The molecule has 0 bridgehead atoms. The minimum atomic E-state index is -0.845. The maximum Gasteiger partial charge on any atom is 0.307 e. The molecule has 0 aliphatic carbocycles. The van der Waals surface area contributed by atoms with Gasteiger partial charge in [0.25, 0.3) is 0 Å². The Morgan fingerprint density at radius 3 is 2.12 bits per heavy atom. The van der Waals surface area contributed by atoms with Gasteiger partial charge in [0.05, 0.1) is 13.0 Å². The quantitative estimate of drug-likeness (QED) is 0.824. The normalized spacial score (nSPS) is 10.6. The van der Waals surface area contributed by atoms with Crippen molar-refractivity contribution in [3.63, 3.8) is 0 Å². The van der Waals surface area contributed by atoms with Gasteiger partial charge >= 0.3 is 5.97 Å². The van der Waals surface area contributed by atoms with E-state index in [1.807, 2.05) is 30.3 Å².